The molecule has 10 heteroatoms. The Bertz CT molecular complexity index is 1270. The lowest BCUT2D eigenvalue weighted by Gasteiger charge is -2.31. The Labute approximate surface area is 200 Å². The number of nitrogens with zero attached hydrogens (tertiary/aromatic N) is 3. The number of hydrogen-bond acceptors (Lipinski definition) is 5. The van der Waals surface area contributed by atoms with Crippen molar-refractivity contribution in [2.75, 3.05) is 19.8 Å². The summed E-state index contributed by atoms with van der Waals surface area (Å²) in [5.41, 5.74) is 2.59. The molecule has 5 rings (SSSR count). The number of carbonyl (C=O) groups is 1. The number of H-pyrrole nitrogens is 1. The average Bonchev–Trinajstić information content (AvgIpc) is 3.33. The van der Waals surface area contributed by atoms with Crippen molar-refractivity contribution in [3.63, 3.8) is 0 Å². The van der Waals surface area contributed by atoms with E-state index in [2.05, 4.69) is 15.4 Å². The largest absolute Gasteiger partial charge is 0.433 e. The van der Waals surface area contributed by atoms with E-state index >= 15 is 0 Å². The van der Waals surface area contributed by atoms with Crippen LogP contribution in [0.25, 0.3) is 11.1 Å². The summed E-state index contributed by atoms with van der Waals surface area (Å²) in [6.07, 6.45) is -1.65. The summed E-state index contributed by atoms with van der Waals surface area (Å²) >= 11 is 0. The van der Waals surface area contributed by atoms with Crippen LogP contribution in [0.15, 0.2) is 53.7 Å². The van der Waals surface area contributed by atoms with Crippen molar-refractivity contribution in [2.45, 2.75) is 25.7 Å². The van der Waals surface area contributed by atoms with Crippen molar-refractivity contribution < 1.29 is 22.7 Å². The number of halogens is 3. The van der Waals surface area contributed by atoms with E-state index in [9.17, 15) is 18.0 Å². The van der Waals surface area contributed by atoms with Crippen LogP contribution in [-0.2, 0) is 17.5 Å². The number of carbonyl (C=O) groups excluding carboxylic acids is 1. The minimum Gasteiger partial charge on any atom is -0.381 e. The number of fused-ring (bicyclic) bond motifs is 1. The molecule has 0 spiro atoms. The molecule has 0 aliphatic carbocycles. The normalized spacial score (nSPS) is 16.5. The first kappa shape index (κ1) is 23.1. The van der Waals surface area contributed by atoms with Gasteiger partial charge in [0.15, 0.2) is 0 Å². The molecule has 1 saturated heterocycles. The summed E-state index contributed by atoms with van der Waals surface area (Å²) in [5, 5.41) is 8.56. The molecule has 7 nitrogen and oxygen atoms in total. The Morgan fingerprint density at radius 3 is 2.83 bits per heavy atom. The maximum Gasteiger partial charge on any atom is 0.433 e. The van der Waals surface area contributed by atoms with Gasteiger partial charge in [-0.3, -0.25) is 9.89 Å². The van der Waals surface area contributed by atoms with Crippen molar-refractivity contribution in [2.24, 2.45) is 10.9 Å². The second-order valence-electron chi connectivity index (χ2n) is 8.83. The quantitative estimate of drug-likeness (QED) is 0.532. The standard InChI is InChI=1S/C25H24F3N5O2/c1-15(17-3-2-4-19(7-17)24(34)29-9-16-12-35-13-16)33-11-20-6-5-18(8-22(20)30-14-33)21-10-31-32-23(21)25(26,27)28/h2-8,10,14-16H,9,11-13H2,1H3,(H,29,34)(H,31,32)/t15-/m1/s1. The lowest BCUT2D eigenvalue weighted by atomic mass is 10.00. The molecule has 2 N–H and O–H groups in total. The lowest BCUT2D eigenvalue weighted by molar-refractivity contribution is -0.140. The molecule has 0 unspecified atom stereocenters. The van der Waals surface area contributed by atoms with Gasteiger partial charge >= 0.3 is 6.18 Å². The van der Waals surface area contributed by atoms with Crippen molar-refractivity contribution >= 4 is 17.9 Å². The van der Waals surface area contributed by atoms with Gasteiger partial charge in [0.25, 0.3) is 5.91 Å². The van der Waals surface area contributed by atoms with Gasteiger partial charge in [-0.25, -0.2) is 4.99 Å². The van der Waals surface area contributed by atoms with Gasteiger partial charge in [-0.2, -0.15) is 18.3 Å². The van der Waals surface area contributed by atoms with Crippen molar-refractivity contribution in [1.29, 1.82) is 0 Å². The van der Waals surface area contributed by atoms with Crippen molar-refractivity contribution in [3.05, 3.63) is 71.0 Å². The summed E-state index contributed by atoms with van der Waals surface area (Å²) in [4.78, 5) is 19.1. The minimum absolute atomic E-state index is 0.00813. The molecule has 0 saturated carbocycles. The number of hydrogen-bond donors (Lipinski definition) is 2. The summed E-state index contributed by atoms with van der Waals surface area (Å²) < 4.78 is 44.9. The Kier molecular flexibility index (Phi) is 6.06. The summed E-state index contributed by atoms with van der Waals surface area (Å²) in [6.45, 7) is 4.52. The number of aliphatic imine (C=N–C) groups is 1. The van der Waals surface area contributed by atoms with Gasteiger partial charge in [-0.1, -0.05) is 24.3 Å². The third-order valence-corrected chi connectivity index (χ3v) is 6.40. The van der Waals surface area contributed by atoms with Gasteiger partial charge in [0, 0.05) is 30.1 Å². The van der Waals surface area contributed by atoms with E-state index in [1.807, 2.05) is 35.1 Å². The Hall–Kier alpha value is -3.66. The fraction of sp³-hybridized carbons (Fsp3) is 0.320. The van der Waals surface area contributed by atoms with Crippen LogP contribution in [0.5, 0.6) is 0 Å². The van der Waals surface area contributed by atoms with Crippen LogP contribution in [0, 0.1) is 5.92 Å². The fourth-order valence-electron chi connectivity index (χ4n) is 4.19. The van der Waals surface area contributed by atoms with Gasteiger partial charge in [0.2, 0.25) is 0 Å². The van der Waals surface area contributed by atoms with Gasteiger partial charge in [-0.05, 0) is 41.8 Å². The number of nitrogens with one attached hydrogen (secondary N) is 2. The van der Waals surface area contributed by atoms with Gasteiger partial charge in [-0.15, -0.1) is 0 Å². The zero-order valence-corrected chi connectivity index (χ0v) is 19.0. The molecule has 1 aromatic heterocycles. The van der Waals surface area contributed by atoms with E-state index in [1.165, 1.54) is 6.20 Å². The van der Waals surface area contributed by atoms with Gasteiger partial charge in [0.05, 0.1) is 37.5 Å². The molecule has 0 radical (unpaired) electrons. The molecular formula is C25H24F3N5O2. The summed E-state index contributed by atoms with van der Waals surface area (Å²) in [7, 11) is 0. The monoisotopic (exact) mass is 483 g/mol. The van der Waals surface area contributed by atoms with E-state index < -0.39 is 11.9 Å². The van der Waals surface area contributed by atoms with Crippen molar-refractivity contribution in [3.8, 4) is 11.1 Å². The highest BCUT2D eigenvalue weighted by atomic mass is 19.4. The minimum atomic E-state index is -4.52. The number of alkyl halides is 3. The molecule has 2 aliphatic rings. The Balaban J connectivity index is 1.30. The second-order valence-corrected chi connectivity index (χ2v) is 8.83. The molecule has 3 heterocycles. The van der Waals surface area contributed by atoms with Crippen LogP contribution >= 0.6 is 0 Å². The molecule has 182 valence electrons. The SMILES string of the molecule is C[C@H](c1cccc(C(=O)NCC2COC2)c1)N1C=Nc2cc(-c3cn[nH]c3C(F)(F)F)ccc2C1. The number of amides is 1. The maximum absolute atomic E-state index is 13.2. The van der Waals surface area contributed by atoms with E-state index in [1.54, 1.807) is 30.6 Å². The van der Waals surface area contributed by atoms with E-state index in [0.717, 1.165) is 11.1 Å². The van der Waals surface area contributed by atoms with Crippen LogP contribution in [0.4, 0.5) is 18.9 Å². The van der Waals surface area contributed by atoms with Gasteiger partial charge < -0.3 is 15.0 Å². The molecule has 2 aliphatic heterocycles. The number of aromatic amines is 1. The average molecular weight is 483 g/mol. The predicted molar refractivity (Wildman–Crippen MR) is 124 cm³/mol. The number of ether oxygens (including phenoxy) is 1. The zero-order valence-electron chi connectivity index (χ0n) is 19.0. The first-order chi connectivity index (χ1) is 16.8. The summed E-state index contributed by atoms with van der Waals surface area (Å²) in [6, 6.07) is 12.5. The van der Waals surface area contributed by atoms with Crippen LogP contribution in [0.2, 0.25) is 0 Å². The molecule has 1 fully saturated rings. The Morgan fingerprint density at radius 2 is 2.09 bits per heavy atom. The molecule has 1 amide bonds. The topological polar surface area (TPSA) is 82.6 Å². The fourth-order valence-corrected chi connectivity index (χ4v) is 4.19. The first-order valence-electron chi connectivity index (χ1n) is 11.3. The number of rotatable bonds is 6. The van der Waals surface area contributed by atoms with Crippen LogP contribution in [0.1, 0.15) is 40.1 Å². The van der Waals surface area contributed by atoms with E-state index in [4.69, 9.17) is 4.74 Å². The second kappa shape index (κ2) is 9.18. The smallest absolute Gasteiger partial charge is 0.381 e. The van der Waals surface area contributed by atoms with Gasteiger partial charge in [0.1, 0.15) is 5.69 Å². The highest BCUT2D eigenvalue weighted by Crippen LogP contribution is 2.38. The lowest BCUT2D eigenvalue weighted by Crippen LogP contribution is -2.39. The third kappa shape index (κ3) is 4.79. The number of aromatic nitrogens is 2. The molecule has 35 heavy (non-hydrogen) atoms. The van der Waals surface area contributed by atoms with Crippen molar-refractivity contribution in [1.82, 2.24) is 20.4 Å². The maximum atomic E-state index is 13.2. The highest BCUT2D eigenvalue weighted by Gasteiger charge is 2.36. The number of benzene rings is 2. The van der Waals surface area contributed by atoms with Crippen LogP contribution in [-0.4, -0.2) is 47.1 Å². The molecule has 3 aromatic rings. The van der Waals surface area contributed by atoms with E-state index in [-0.39, 0.29) is 17.5 Å². The Morgan fingerprint density at radius 1 is 1.26 bits per heavy atom. The predicted octanol–water partition coefficient (Wildman–Crippen LogP) is 4.71. The zero-order chi connectivity index (χ0) is 24.6. The molecule has 2 aromatic carbocycles. The first-order valence-corrected chi connectivity index (χ1v) is 11.3. The third-order valence-electron chi connectivity index (χ3n) is 6.40. The van der Waals surface area contributed by atoms with Crippen LogP contribution in [0.3, 0.4) is 0 Å². The molecule has 0 bridgehead atoms. The van der Waals surface area contributed by atoms with E-state index in [0.29, 0.717) is 49.0 Å². The summed E-state index contributed by atoms with van der Waals surface area (Å²) in [5.74, 6) is 0.258. The molecule has 1 atom stereocenters. The molecular weight excluding hydrogens is 459 g/mol. The highest BCUT2D eigenvalue weighted by molar-refractivity contribution is 5.94. The van der Waals surface area contributed by atoms with Crippen LogP contribution < -0.4 is 5.32 Å².